The summed E-state index contributed by atoms with van der Waals surface area (Å²) < 4.78 is 7.40. The van der Waals surface area contributed by atoms with Gasteiger partial charge >= 0.3 is 0 Å². The van der Waals surface area contributed by atoms with Gasteiger partial charge in [-0.25, -0.2) is 0 Å². The minimum absolute atomic E-state index is 0.878. The molecule has 0 aliphatic carbocycles. The van der Waals surface area contributed by atoms with Crippen LogP contribution in [0, 0.1) is 13.8 Å². The maximum absolute atomic E-state index is 6.34. The quantitative estimate of drug-likeness (QED) is 0.342. The summed E-state index contributed by atoms with van der Waals surface area (Å²) in [5, 5.41) is 0. The molecule has 26 heavy (non-hydrogen) atoms. The van der Waals surface area contributed by atoms with Crippen molar-refractivity contribution in [2.24, 2.45) is 0 Å². The summed E-state index contributed by atoms with van der Waals surface area (Å²) in [6.45, 7) is 4.20. The molecule has 0 radical (unpaired) electrons. The highest BCUT2D eigenvalue weighted by Crippen LogP contribution is 2.39. The van der Waals surface area contributed by atoms with E-state index in [2.05, 4.69) is 96.5 Å². The van der Waals surface area contributed by atoms with Crippen molar-refractivity contribution in [3.63, 3.8) is 0 Å². The lowest BCUT2D eigenvalue weighted by molar-refractivity contribution is 0.598. The Kier molecular flexibility index (Phi) is 4.52. The molecule has 0 spiro atoms. The lowest BCUT2D eigenvalue weighted by atomic mass is 10.00. The molecule has 1 heterocycles. The van der Waals surface area contributed by atoms with E-state index in [0.717, 1.165) is 32.7 Å². The Balaban J connectivity index is 1.88. The smallest absolute Gasteiger partial charge is 0.142 e. The van der Waals surface area contributed by atoms with Crippen LogP contribution < -0.4 is 0 Å². The first kappa shape index (κ1) is 16.9. The molecule has 1 aromatic heterocycles. The van der Waals surface area contributed by atoms with Gasteiger partial charge in [-0.15, -0.1) is 0 Å². The summed E-state index contributed by atoms with van der Waals surface area (Å²) in [7, 11) is 0. The molecule has 0 saturated carbocycles. The number of furan rings is 1. The Hall–Kier alpha value is -2.58. The summed E-state index contributed by atoms with van der Waals surface area (Å²) in [5.41, 5.74) is 6.94. The first-order valence-corrected chi connectivity index (χ1v) is 9.43. The van der Waals surface area contributed by atoms with E-state index >= 15 is 0 Å². The van der Waals surface area contributed by atoms with Gasteiger partial charge in [-0.2, -0.15) is 0 Å². The standard InChI is InChI=1S/C24H19BrO/c1-16-3-7-18(8-4-16)22-15-23(19-11-13-21(25)14-12-19)26-24(22)20-9-5-17(2)6-10-20/h3-15H,1-2H3. The van der Waals surface area contributed by atoms with E-state index in [1.165, 1.54) is 16.7 Å². The summed E-state index contributed by atoms with van der Waals surface area (Å²) in [6, 6.07) is 27.4. The van der Waals surface area contributed by atoms with Crippen molar-refractivity contribution in [3.05, 3.63) is 94.5 Å². The van der Waals surface area contributed by atoms with Gasteiger partial charge in [0.1, 0.15) is 11.5 Å². The van der Waals surface area contributed by atoms with Crippen molar-refractivity contribution in [1.29, 1.82) is 0 Å². The molecule has 4 aromatic rings. The third kappa shape index (κ3) is 3.38. The van der Waals surface area contributed by atoms with Crippen LogP contribution in [0.5, 0.6) is 0 Å². The number of rotatable bonds is 3. The highest BCUT2D eigenvalue weighted by Gasteiger charge is 2.16. The number of hydrogen-bond acceptors (Lipinski definition) is 1. The highest BCUT2D eigenvalue weighted by molar-refractivity contribution is 9.10. The van der Waals surface area contributed by atoms with Gasteiger partial charge in [-0.3, -0.25) is 0 Å². The monoisotopic (exact) mass is 402 g/mol. The van der Waals surface area contributed by atoms with Crippen molar-refractivity contribution < 1.29 is 4.42 Å². The van der Waals surface area contributed by atoms with E-state index < -0.39 is 0 Å². The molecular weight excluding hydrogens is 384 g/mol. The Labute approximate surface area is 162 Å². The lowest BCUT2D eigenvalue weighted by Crippen LogP contribution is -1.81. The fourth-order valence-corrected chi connectivity index (χ4v) is 3.28. The Bertz CT molecular complexity index is 960. The number of benzene rings is 3. The van der Waals surface area contributed by atoms with Crippen LogP contribution in [-0.4, -0.2) is 0 Å². The normalized spacial score (nSPS) is 10.9. The van der Waals surface area contributed by atoms with Crippen LogP contribution in [-0.2, 0) is 0 Å². The van der Waals surface area contributed by atoms with Gasteiger partial charge in [0.05, 0.1) is 0 Å². The van der Waals surface area contributed by atoms with Crippen LogP contribution in [0.4, 0.5) is 0 Å². The predicted octanol–water partition coefficient (Wildman–Crippen LogP) is 7.66. The van der Waals surface area contributed by atoms with Crippen molar-refractivity contribution in [2.75, 3.05) is 0 Å². The van der Waals surface area contributed by atoms with Gasteiger partial charge in [0.15, 0.2) is 0 Å². The molecule has 4 rings (SSSR count). The molecule has 0 aliphatic heterocycles. The van der Waals surface area contributed by atoms with E-state index in [0.29, 0.717) is 0 Å². The van der Waals surface area contributed by atoms with Gasteiger partial charge < -0.3 is 4.42 Å². The molecule has 0 unspecified atom stereocenters. The first-order valence-electron chi connectivity index (χ1n) is 8.64. The van der Waals surface area contributed by atoms with Crippen molar-refractivity contribution in [3.8, 4) is 33.8 Å². The minimum atomic E-state index is 0.878. The van der Waals surface area contributed by atoms with Gasteiger partial charge in [0, 0.05) is 21.2 Å². The molecule has 0 bridgehead atoms. The van der Waals surface area contributed by atoms with Crippen LogP contribution in [0.2, 0.25) is 0 Å². The molecule has 128 valence electrons. The maximum atomic E-state index is 6.34. The van der Waals surface area contributed by atoms with E-state index in [1.54, 1.807) is 0 Å². The zero-order chi connectivity index (χ0) is 18.1. The fraction of sp³-hybridized carbons (Fsp3) is 0.0833. The van der Waals surface area contributed by atoms with Gasteiger partial charge in [0.2, 0.25) is 0 Å². The molecule has 0 amide bonds. The molecular formula is C24H19BrO. The Morgan fingerprint density at radius 2 is 1.12 bits per heavy atom. The lowest BCUT2D eigenvalue weighted by Gasteiger charge is -2.04. The fourth-order valence-electron chi connectivity index (χ4n) is 3.01. The predicted molar refractivity (Wildman–Crippen MR) is 112 cm³/mol. The molecule has 0 atom stereocenters. The average Bonchev–Trinajstić information content (AvgIpc) is 3.09. The van der Waals surface area contributed by atoms with Crippen LogP contribution >= 0.6 is 15.9 Å². The maximum Gasteiger partial charge on any atom is 0.142 e. The molecule has 3 aromatic carbocycles. The number of aryl methyl sites for hydroxylation is 2. The Morgan fingerprint density at radius 1 is 0.615 bits per heavy atom. The molecule has 2 heteroatoms. The first-order chi connectivity index (χ1) is 12.6. The molecule has 0 saturated heterocycles. The Morgan fingerprint density at radius 3 is 1.69 bits per heavy atom. The zero-order valence-electron chi connectivity index (χ0n) is 14.8. The third-order valence-corrected chi connectivity index (χ3v) is 5.07. The summed E-state index contributed by atoms with van der Waals surface area (Å²) in [5.74, 6) is 1.79. The van der Waals surface area contributed by atoms with Gasteiger partial charge in [0.25, 0.3) is 0 Å². The van der Waals surface area contributed by atoms with E-state index in [9.17, 15) is 0 Å². The topological polar surface area (TPSA) is 13.1 Å². The zero-order valence-corrected chi connectivity index (χ0v) is 16.4. The third-order valence-electron chi connectivity index (χ3n) is 4.54. The number of halogens is 1. The minimum Gasteiger partial charge on any atom is -0.455 e. The second-order valence-corrected chi connectivity index (χ2v) is 7.51. The molecule has 0 aliphatic rings. The van der Waals surface area contributed by atoms with E-state index in [4.69, 9.17) is 4.42 Å². The van der Waals surface area contributed by atoms with Crippen LogP contribution in [0.1, 0.15) is 11.1 Å². The second kappa shape index (κ2) is 6.97. The second-order valence-electron chi connectivity index (χ2n) is 6.59. The van der Waals surface area contributed by atoms with E-state index in [1.807, 2.05) is 12.1 Å². The SMILES string of the molecule is Cc1ccc(-c2cc(-c3ccc(Br)cc3)oc2-c2ccc(C)cc2)cc1. The van der Waals surface area contributed by atoms with Crippen LogP contribution in [0.25, 0.3) is 33.8 Å². The summed E-state index contributed by atoms with van der Waals surface area (Å²) in [6.07, 6.45) is 0. The van der Waals surface area contributed by atoms with Crippen LogP contribution in [0.3, 0.4) is 0 Å². The average molecular weight is 403 g/mol. The largest absolute Gasteiger partial charge is 0.455 e. The summed E-state index contributed by atoms with van der Waals surface area (Å²) in [4.78, 5) is 0. The van der Waals surface area contributed by atoms with Gasteiger partial charge in [-0.1, -0.05) is 87.7 Å². The molecule has 0 fully saturated rings. The molecule has 0 N–H and O–H groups in total. The van der Waals surface area contributed by atoms with Crippen molar-refractivity contribution >= 4 is 15.9 Å². The highest BCUT2D eigenvalue weighted by atomic mass is 79.9. The van der Waals surface area contributed by atoms with Crippen LogP contribution in [0.15, 0.2) is 87.8 Å². The van der Waals surface area contributed by atoms with E-state index in [-0.39, 0.29) is 0 Å². The van der Waals surface area contributed by atoms with Gasteiger partial charge in [-0.05, 0) is 37.6 Å². The number of hydrogen-bond donors (Lipinski definition) is 0. The molecule has 1 nitrogen and oxygen atoms in total. The summed E-state index contributed by atoms with van der Waals surface area (Å²) >= 11 is 3.49. The van der Waals surface area contributed by atoms with Crippen molar-refractivity contribution in [2.45, 2.75) is 13.8 Å². The van der Waals surface area contributed by atoms with Crippen molar-refractivity contribution in [1.82, 2.24) is 0 Å².